The second-order valence-electron chi connectivity index (χ2n) is 13.9. The van der Waals surface area contributed by atoms with Crippen LogP contribution in [0.15, 0.2) is 0 Å². The van der Waals surface area contributed by atoms with Gasteiger partial charge in [0.05, 0.1) is 19.4 Å². The summed E-state index contributed by atoms with van der Waals surface area (Å²) in [7, 11) is -4.74. The minimum atomic E-state index is -4.74. The largest absolute Gasteiger partial charge is 0.481 e. The maximum atomic E-state index is 12.3. The number of carbonyl (C=O) groups excluding carboxylic acids is 2. The van der Waals surface area contributed by atoms with E-state index in [9.17, 15) is 23.7 Å². The highest BCUT2D eigenvalue weighted by molar-refractivity contribution is 7.46. The van der Waals surface area contributed by atoms with Crippen LogP contribution in [0, 0.1) is 0 Å². The van der Waals surface area contributed by atoms with Crippen LogP contribution in [0.3, 0.4) is 0 Å². The van der Waals surface area contributed by atoms with Crippen molar-refractivity contribution >= 4 is 31.7 Å². The zero-order valence-corrected chi connectivity index (χ0v) is 33.6. The third-order valence-corrected chi connectivity index (χ3v) is 9.16. The normalized spacial score (nSPS) is 11.8. The Morgan fingerprint density at radius 2 is 0.769 bits per heavy atom. The molecule has 308 valence electrons. The topological polar surface area (TPSA) is 194 Å². The van der Waals surface area contributed by atoms with Gasteiger partial charge in [0, 0.05) is 12.8 Å². The summed E-state index contributed by atoms with van der Waals surface area (Å²) in [6.07, 6.45) is 30.5. The fourth-order valence-corrected chi connectivity index (χ4v) is 5.95. The van der Waals surface area contributed by atoms with E-state index in [1.165, 1.54) is 128 Å². The van der Waals surface area contributed by atoms with Gasteiger partial charge in [-0.1, -0.05) is 168 Å². The molecule has 0 heterocycles. The predicted octanol–water partition coefficient (Wildman–Crippen LogP) is 10.4. The van der Waals surface area contributed by atoms with Crippen molar-refractivity contribution in [3.8, 4) is 0 Å². The number of rotatable bonds is 37. The van der Waals surface area contributed by atoms with Crippen LogP contribution in [0.5, 0.6) is 0 Å². The number of carboxylic acids is 2. The minimum Gasteiger partial charge on any atom is -0.481 e. The predicted molar refractivity (Wildman–Crippen MR) is 204 cm³/mol. The molecule has 0 amide bonds. The smallest absolute Gasteiger partial charge is 0.469 e. The second kappa shape index (κ2) is 38.7. The molecule has 0 aliphatic heterocycles. The molecule has 0 aliphatic carbocycles. The summed E-state index contributed by atoms with van der Waals surface area (Å²) < 4.78 is 26.3. The molecule has 0 aromatic heterocycles. The SMILES string of the molecule is CCCCCCCCCCCCCCCC(=O)OCC(COP(=O)(O)O)OC(=O)CCCCCCCCCCCCCCC.O=C(O)CCC(=O)O. The number of unbranched alkanes of at least 4 members (excludes halogenated alkanes) is 24. The van der Waals surface area contributed by atoms with Gasteiger partial charge in [-0.2, -0.15) is 0 Å². The van der Waals surface area contributed by atoms with E-state index >= 15 is 0 Å². The van der Waals surface area contributed by atoms with Crippen molar-refractivity contribution < 1.29 is 57.7 Å². The lowest BCUT2D eigenvalue weighted by atomic mass is 10.0. The number of phosphoric ester groups is 1. The van der Waals surface area contributed by atoms with Crippen LogP contribution in [0.2, 0.25) is 0 Å². The minimum absolute atomic E-state index is 0.219. The van der Waals surface area contributed by atoms with Crippen molar-refractivity contribution in [2.45, 2.75) is 213 Å². The molecule has 0 aromatic rings. The second-order valence-corrected chi connectivity index (χ2v) is 15.1. The molecule has 0 aliphatic rings. The van der Waals surface area contributed by atoms with E-state index in [4.69, 9.17) is 29.5 Å². The highest BCUT2D eigenvalue weighted by Crippen LogP contribution is 2.36. The molecule has 13 heteroatoms. The van der Waals surface area contributed by atoms with Crippen LogP contribution in [0.25, 0.3) is 0 Å². The molecular weight excluding hydrogens is 691 g/mol. The number of hydrogen-bond acceptors (Lipinski definition) is 8. The van der Waals surface area contributed by atoms with Gasteiger partial charge >= 0.3 is 31.7 Å². The van der Waals surface area contributed by atoms with Crippen molar-refractivity contribution in [1.82, 2.24) is 0 Å². The van der Waals surface area contributed by atoms with Gasteiger partial charge in [0.2, 0.25) is 0 Å². The van der Waals surface area contributed by atoms with Crippen LogP contribution in [-0.4, -0.2) is 63.2 Å². The van der Waals surface area contributed by atoms with Gasteiger partial charge in [0.1, 0.15) is 6.61 Å². The van der Waals surface area contributed by atoms with E-state index < -0.39 is 44.4 Å². The van der Waals surface area contributed by atoms with Gasteiger partial charge in [-0.3, -0.25) is 23.7 Å². The van der Waals surface area contributed by atoms with Crippen molar-refractivity contribution in [3.05, 3.63) is 0 Å². The summed E-state index contributed by atoms with van der Waals surface area (Å²) in [5, 5.41) is 15.8. The molecule has 0 spiro atoms. The molecular formula is C39H75O12P. The van der Waals surface area contributed by atoms with Crippen LogP contribution in [-0.2, 0) is 37.7 Å². The highest BCUT2D eigenvalue weighted by atomic mass is 31.2. The summed E-state index contributed by atoms with van der Waals surface area (Å²) >= 11 is 0. The van der Waals surface area contributed by atoms with E-state index in [2.05, 4.69) is 18.4 Å². The Morgan fingerprint density at radius 1 is 0.462 bits per heavy atom. The number of esters is 2. The lowest BCUT2D eigenvalue weighted by Gasteiger charge is -2.18. The average molecular weight is 767 g/mol. The first-order chi connectivity index (χ1) is 24.9. The molecule has 1 unspecified atom stereocenters. The fourth-order valence-electron chi connectivity index (χ4n) is 5.59. The summed E-state index contributed by atoms with van der Waals surface area (Å²) in [6.45, 7) is 3.68. The number of carbonyl (C=O) groups is 4. The summed E-state index contributed by atoms with van der Waals surface area (Å²) in [6, 6.07) is 0. The van der Waals surface area contributed by atoms with E-state index in [0.717, 1.165) is 32.1 Å². The molecule has 1 atom stereocenters. The molecule has 0 aromatic carbocycles. The third kappa shape index (κ3) is 46.0. The number of phosphoric acid groups is 1. The van der Waals surface area contributed by atoms with Gasteiger partial charge in [0.15, 0.2) is 6.10 Å². The van der Waals surface area contributed by atoms with Crippen molar-refractivity contribution in [2.75, 3.05) is 13.2 Å². The van der Waals surface area contributed by atoms with Crippen molar-refractivity contribution in [2.24, 2.45) is 0 Å². The molecule has 0 bridgehead atoms. The summed E-state index contributed by atoms with van der Waals surface area (Å²) in [5.41, 5.74) is 0. The molecule has 0 rings (SSSR count). The highest BCUT2D eigenvalue weighted by Gasteiger charge is 2.23. The van der Waals surface area contributed by atoms with Gasteiger partial charge in [-0.25, -0.2) is 4.57 Å². The Morgan fingerprint density at radius 3 is 1.08 bits per heavy atom. The Labute approximate surface area is 314 Å². The number of carboxylic acid groups (broad SMARTS) is 2. The summed E-state index contributed by atoms with van der Waals surface area (Å²) in [4.78, 5) is 61.9. The van der Waals surface area contributed by atoms with Crippen LogP contribution < -0.4 is 0 Å². The quantitative estimate of drug-likeness (QED) is 0.0266. The maximum absolute atomic E-state index is 12.3. The van der Waals surface area contributed by atoms with Gasteiger partial charge in [-0.05, 0) is 12.8 Å². The molecule has 0 radical (unpaired) electrons. The Bertz CT molecular complexity index is 894. The molecule has 0 fully saturated rings. The molecule has 4 N–H and O–H groups in total. The third-order valence-electron chi connectivity index (χ3n) is 8.68. The molecule has 0 saturated carbocycles. The average Bonchev–Trinajstić information content (AvgIpc) is 3.09. The fraction of sp³-hybridized carbons (Fsp3) is 0.897. The first kappa shape index (κ1) is 52.1. The zero-order valence-electron chi connectivity index (χ0n) is 32.7. The van der Waals surface area contributed by atoms with Crippen LogP contribution >= 0.6 is 7.82 Å². The number of aliphatic carboxylic acids is 2. The van der Waals surface area contributed by atoms with Crippen LogP contribution in [0.1, 0.15) is 206 Å². The first-order valence-corrected chi connectivity index (χ1v) is 21.9. The van der Waals surface area contributed by atoms with Gasteiger partial charge in [0.25, 0.3) is 0 Å². The molecule has 52 heavy (non-hydrogen) atoms. The van der Waals surface area contributed by atoms with Crippen LogP contribution in [0.4, 0.5) is 0 Å². The van der Waals surface area contributed by atoms with Gasteiger partial charge < -0.3 is 29.5 Å². The molecule has 0 saturated heterocycles. The van der Waals surface area contributed by atoms with E-state index in [-0.39, 0.29) is 32.3 Å². The van der Waals surface area contributed by atoms with E-state index in [1.54, 1.807) is 0 Å². The Kier molecular flexibility index (Phi) is 38.8. The van der Waals surface area contributed by atoms with Crippen molar-refractivity contribution in [1.29, 1.82) is 0 Å². The monoisotopic (exact) mass is 766 g/mol. The van der Waals surface area contributed by atoms with E-state index in [0.29, 0.717) is 6.42 Å². The number of ether oxygens (including phenoxy) is 2. The van der Waals surface area contributed by atoms with E-state index in [1.807, 2.05) is 0 Å². The maximum Gasteiger partial charge on any atom is 0.469 e. The first-order valence-electron chi connectivity index (χ1n) is 20.4. The Balaban J connectivity index is 0. The number of hydrogen-bond donors (Lipinski definition) is 4. The lowest BCUT2D eigenvalue weighted by molar-refractivity contribution is -0.161. The molecule has 12 nitrogen and oxygen atoms in total. The zero-order chi connectivity index (χ0) is 39.1. The standard InChI is InChI=1S/C35H69O8P.C4H6O4/c1-3-5-7-9-11-13-15-17-19-21-23-25-27-29-34(36)41-31-33(32-42-44(38,39)40)43-35(37)30-28-26-24-22-20-18-16-14-12-10-8-6-4-2;5-3(6)1-2-4(7)8/h33H,3-32H2,1-2H3,(H2,38,39,40);1-2H2,(H,5,6)(H,7,8). The lowest BCUT2D eigenvalue weighted by Crippen LogP contribution is -2.29. The Hall–Kier alpha value is -2.01. The van der Waals surface area contributed by atoms with Gasteiger partial charge in [-0.15, -0.1) is 0 Å². The van der Waals surface area contributed by atoms with Crippen molar-refractivity contribution in [3.63, 3.8) is 0 Å². The summed E-state index contributed by atoms with van der Waals surface area (Å²) in [5.74, 6) is -3.03.